The smallest absolute Gasteiger partial charge is 0.224 e. The van der Waals surface area contributed by atoms with Crippen molar-refractivity contribution in [2.24, 2.45) is 0 Å². The van der Waals surface area contributed by atoms with Crippen molar-refractivity contribution < 1.29 is 4.79 Å². The summed E-state index contributed by atoms with van der Waals surface area (Å²) in [7, 11) is 0. The van der Waals surface area contributed by atoms with Crippen LogP contribution in [0.4, 0.5) is 0 Å². The van der Waals surface area contributed by atoms with Crippen LogP contribution in [0, 0.1) is 6.92 Å². The maximum Gasteiger partial charge on any atom is 0.224 e. The normalized spacial score (nSPS) is 10.1. The van der Waals surface area contributed by atoms with E-state index >= 15 is 0 Å². The van der Waals surface area contributed by atoms with Gasteiger partial charge in [-0.3, -0.25) is 4.79 Å². The van der Waals surface area contributed by atoms with Gasteiger partial charge in [-0.05, 0) is 24.6 Å². The van der Waals surface area contributed by atoms with Gasteiger partial charge in [0.2, 0.25) is 5.91 Å². The summed E-state index contributed by atoms with van der Waals surface area (Å²) in [6.07, 6.45) is 0.471. The van der Waals surface area contributed by atoms with Gasteiger partial charge < -0.3 is 10.6 Å². The van der Waals surface area contributed by atoms with Gasteiger partial charge in [0.25, 0.3) is 0 Å². The molecule has 2 N–H and O–H groups in total. The summed E-state index contributed by atoms with van der Waals surface area (Å²) in [5.74, 6) is 0.0900. The largest absolute Gasteiger partial charge is 0.355 e. The molecule has 0 aliphatic rings. The maximum atomic E-state index is 11.6. The highest BCUT2D eigenvalue weighted by Gasteiger charge is 2.04. The molecule has 0 spiro atoms. The van der Waals surface area contributed by atoms with Crippen molar-refractivity contribution in [1.82, 2.24) is 10.6 Å². The number of carbonyl (C=O) groups is 1. The van der Waals surface area contributed by atoms with Crippen LogP contribution < -0.4 is 10.6 Å². The van der Waals surface area contributed by atoms with Gasteiger partial charge in [-0.2, -0.15) is 0 Å². The van der Waals surface area contributed by atoms with Crippen molar-refractivity contribution in [2.45, 2.75) is 20.3 Å². The van der Waals surface area contributed by atoms with E-state index in [0.29, 0.717) is 13.0 Å². The van der Waals surface area contributed by atoms with Gasteiger partial charge in [-0.15, -0.1) is 0 Å². The summed E-state index contributed by atoms with van der Waals surface area (Å²) in [6.45, 7) is 6.54. The van der Waals surface area contributed by atoms with Crippen molar-refractivity contribution in [3.05, 3.63) is 35.4 Å². The minimum atomic E-state index is 0.0900. The first-order valence-corrected chi connectivity index (χ1v) is 5.76. The van der Waals surface area contributed by atoms with Crippen LogP contribution in [0.15, 0.2) is 24.3 Å². The zero-order valence-corrected chi connectivity index (χ0v) is 10.0. The fourth-order valence-electron chi connectivity index (χ4n) is 1.51. The summed E-state index contributed by atoms with van der Waals surface area (Å²) >= 11 is 0. The van der Waals surface area contributed by atoms with Crippen molar-refractivity contribution in [1.29, 1.82) is 0 Å². The SMILES string of the molecule is CCNCCNC(=O)Cc1ccccc1C. The third-order valence-electron chi connectivity index (χ3n) is 2.49. The Hall–Kier alpha value is -1.35. The first kappa shape index (κ1) is 12.7. The Morgan fingerprint density at radius 1 is 1.25 bits per heavy atom. The van der Waals surface area contributed by atoms with E-state index in [0.717, 1.165) is 18.7 Å². The van der Waals surface area contributed by atoms with Crippen LogP contribution in [-0.2, 0) is 11.2 Å². The van der Waals surface area contributed by atoms with E-state index in [9.17, 15) is 4.79 Å². The molecule has 0 saturated carbocycles. The molecule has 1 rings (SSSR count). The molecule has 1 aromatic carbocycles. The zero-order valence-electron chi connectivity index (χ0n) is 10.0. The molecule has 0 fully saturated rings. The highest BCUT2D eigenvalue weighted by atomic mass is 16.1. The summed E-state index contributed by atoms with van der Waals surface area (Å²) in [4.78, 5) is 11.6. The number of carbonyl (C=O) groups excluding carboxylic acids is 1. The Labute approximate surface area is 97.2 Å². The number of likely N-dealkylation sites (N-methyl/N-ethyl adjacent to an activating group) is 1. The predicted molar refractivity (Wildman–Crippen MR) is 66.4 cm³/mol. The summed E-state index contributed by atoms with van der Waals surface area (Å²) in [5.41, 5.74) is 2.27. The molecule has 0 unspecified atom stereocenters. The van der Waals surface area contributed by atoms with Crippen molar-refractivity contribution >= 4 is 5.91 Å². The van der Waals surface area contributed by atoms with Gasteiger partial charge in [-0.1, -0.05) is 31.2 Å². The first-order valence-electron chi connectivity index (χ1n) is 5.76. The van der Waals surface area contributed by atoms with Crippen molar-refractivity contribution in [3.63, 3.8) is 0 Å². The monoisotopic (exact) mass is 220 g/mol. The molecule has 1 amide bonds. The van der Waals surface area contributed by atoms with Crippen LogP contribution >= 0.6 is 0 Å². The van der Waals surface area contributed by atoms with Gasteiger partial charge in [-0.25, -0.2) is 0 Å². The lowest BCUT2D eigenvalue weighted by Crippen LogP contribution is -2.32. The number of hydrogen-bond donors (Lipinski definition) is 2. The van der Waals surface area contributed by atoms with Crippen LogP contribution in [0.25, 0.3) is 0 Å². The zero-order chi connectivity index (χ0) is 11.8. The van der Waals surface area contributed by atoms with Crippen LogP contribution in [0.3, 0.4) is 0 Å². The number of benzene rings is 1. The van der Waals surface area contributed by atoms with E-state index in [4.69, 9.17) is 0 Å². The van der Waals surface area contributed by atoms with Crippen LogP contribution in [0.5, 0.6) is 0 Å². The molecule has 3 heteroatoms. The van der Waals surface area contributed by atoms with E-state index < -0.39 is 0 Å². The summed E-state index contributed by atoms with van der Waals surface area (Å²) in [6, 6.07) is 7.98. The fourth-order valence-corrected chi connectivity index (χ4v) is 1.51. The lowest BCUT2D eigenvalue weighted by molar-refractivity contribution is -0.120. The second-order valence-electron chi connectivity index (χ2n) is 3.81. The molecule has 0 heterocycles. The topological polar surface area (TPSA) is 41.1 Å². The van der Waals surface area contributed by atoms with E-state index in [1.54, 1.807) is 0 Å². The number of rotatable bonds is 6. The fraction of sp³-hybridized carbons (Fsp3) is 0.462. The molecule has 16 heavy (non-hydrogen) atoms. The van der Waals surface area contributed by atoms with Gasteiger partial charge in [0.1, 0.15) is 0 Å². The van der Waals surface area contributed by atoms with Gasteiger partial charge in [0.15, 0.2) is 0 Å². The number of hydrogen-bond acceptors (Lipinski definition) is 2. The predicted octanol–water partition coefficient (Wildman–Crippen LogP) is 1.26. The maximum absolute atomic E-state index is 11.6. The molecule has 0 aliphatic carbocycles. The summed E-state index contributed by atoms with van der Waals surface area (Å²) in [5, 5.41) is 6.06. The third kappa shape index (κ3) is 4.45. The molecular formula is C13H20N2O. The highest BCUT2D eigenvalue weighted by Crippen LogP contribution is 2.07. The molecule has 0 saturated heterocycles. The van der Waals surface area contributed by atoms with E-state index in [1.807, 2.05) is 31.2 Å². The standard InChI is InChI=1S/C13H20N2O/c1-3-14-8-9-15-13(16)10-12-7-5-4-6-11(12)2/h4-7,14H,3,8-10H2,1-2H3,(H,15,16). The minimum Gasteiger partial charge on any atom is -0.355 e. The van der Waals surface area contributed by atoms with Crippen molar-refractivity contribution in [2.75, 3.05) is 19.6 Å². The lowest BCUT2D eigenvalue weighted by atomic mass is 10.1. The Morgan fingerprint density at radius 3 is 2.69 bits per heavy atom. The van der Waals surface area contributed by atoms with Crippen LogP contribution in [-0.4, -0.2) is 25.5 Å². The average molecular weight is 220 g/mol. The molecule has 0 aromatic heterocycles. The molecule has 3 nitrogen and oxygen atoms in total. The minimum absolute atomic E-state index is 0.0900. The van der Waals surface area contributed by atoms with Gasteiger partial charge in [0, 0.05) is 13.1 Å². The average Bonchev–Trinajstić information content (AvgIpc) is 2.28. The van der Waals surface area contributed by atoms with Crippen molar-refractivity contribution in [3.8, 4) is 0 Å². The number of nitrogens with one attached hydrogen (secondary N) is 2. The van der Waals surface area contributed by atoms with E-state index in [-0.39, 0.29) is 5.91 Å². The van der Waals surface area contributed by atoms with Crippen LogP contribution in [0.2, 0.25) is 0 Å². The Bertz CT molecular complexity index is 336. The van der Waals surface area contributed by atoms with Gasteiger partial charge in [0.05, 0.1) is 6.42 Å². The Balaban J connectivity index is 2.32. The molecule has 1 aromatic rings. The number of amides is 1. The molecule has 0 bridgehead atoms. The molecular weight excluding hydrogens is 200 g/mol. The molecule has 0 aliphatic heterocycles. The van der Waals surface area contributed by atoms with Gasteiger partial charge >= 0.3 is 0 Å². The Morgan fingerprint density at radius 2 is 2.00 bits per heavy atom. The lowest BCUT2D eigenvalue weighted by Gasteiger charge is -2.07. The quantitative estimate of drug-likeness (QED) is 0.709. The summed E-state index contributed by atoms with van der Waals surface area (Å²) < 4.78 is 0. The van der Waals surface area contributed by atoms with Crippen LogP contribution in [0.1, 0.15) is 18.1 Å². The first-order chi connectivity index (χ1) is 7.74. The number of aryl methyl sites for hydroxylation is 1. The van der Waals surface area contributed by atoms with E-state index in [2.05, 4.69) is 17.6 Å². The molecule has 0 atom stereocenters. The third-order valence-corrected chi connectivity index (χ3v) is 2.49. The molecule has 88 valence electrons. The Kier molecular flexibility index (Phi) is 5.57. The second kappa shape index (κ2) is 7.01. The second-order valence-corrected chi connectivity index (χ2v) is 3.81. The van der Waals surface area contributed by atoms with E-state index in [1.165, 1.54) is 5.56 Å². The highest BCUT2D eigenvalue weighted by molar-refractivity contribution is 5.78. The molecule has 0 radical (unpaired) electrons.